The highest BCUT2D eigenvalue weighted by Gasteiger charge is 2.13. The third kappa shape index (κ3) is 5.18. The minimum atomic E-state index is -0.195. The van der Waals surface area contributed by atoms with Crippen molar-refractivity contribution in [3.05, 3.63) is 131 Å². The van der Waals surface area contributed by atoms with Crippen molar-refractivity contribution in [1.82, 2.24) is 0 Å². The molecule has 0 aliphatic heterocycles. The lowest BCUT2D eigenvalue weighted by molar-refractivity contribution is 1.28. The molecule has 0 N–H and O–H groups in total. The molecule has 36 heavy (non-hydrogen) atoms. The lowest BCUT2D eigenvalue weighted by Crippen LogP contribution is -2.13. The molecule has 2 nitrogen and oxygen atoms in total. The summed E-state index contributed by atoms with van der Waals surface area (Å²) in [5.41, 5.74) is 8.64. The minimum Gasteiger partial charge on any atom is -0.311 e. The number of rotatable bonds is 6. The molecule has 5 aromatic carbocycles. The van der Waals surface area contributed by atoms with Gasteiger partial charge < -0.3 is 4.90 Å². The van der Waals surface area contributed by atoms with Gasteiger partial charge in [-0.05, 0) is 82.9 Å². The zero-order chi connectivity index (χ0) is 24.9. The van der Waals surface area contributed by atoms with Crippen LogP contribution in [0.1, 0.15) is 5.56 Å². The SMILES string of the molecule is C[SiH2]c1ccc(N(c2ccc(-c3ccc(Br)cc3)cc2)c2ccc(-c3ccc(C#N)cc3)cc2)cc1. The summed E-state index contributed by atoms with van der Waals surface area (Å²) >= 11 is 3.52. The molecule has 0 atom stereocenters. The highest BCUT2D eigenvalue weighted by molar-refractivity contribution is 9.10. The summed E-state index contributed by atoms with van der Waals surface area (Å²) in [7, 11) is -0.195. The first-order valence-electron chi connectivity index (χ1n) is 12.0. The van der Waals surface area contributed by atoms with E-state index < -0.39 is 0 Å². The summed E-state index contributed by atoms with van der Waals surface area (Å²) in [6.45, 7) is 2.31. The number of halogens is 1. The molecule has 0 spiro atoms. The van der Waals surface area contributed by atoms with Crippen molar-refractivity contribution in [3.8, 4) is 28.3 Å². The van der Waals surface area contributed by atoms with E-state index in [-0.39, 0.29) is 9.52 Å². The molecule has 174 valence electrons. The van der Waals surface area contributed by atoms with Crippen LogP contribution in [-0.2, 0) is 0 Å². The van der Waals surface area contributed by atoms with Crippen LogP contribution in [0.3, 0.4) is 0 Å². The number of anilines is 3. The van der Waals surface area contributed by atoms with E-state index in [0.29, 0.717) is 5.56 Å². The fraction of sp³-hybridized carbons (Fsp3) is 0.0312. The molecular formula is C32H25BrN2Si. The fourth-order valence-corrected chi connectivity index (χ4v) is 5.28. The Morgan fingerprint density at radius 1 is 0.556 bits per heavy atom. The van der Waals surface area contributed by atoms with Crippen LogP contribution >= 0.6 is 15.9 Å². The maximum Gasteiger partial charge on any atom is 0.0991 e. The van der Waals surface area contributed by atoms with Crippen LogP contribution in [0.4, 0.5) is 17.1 Å². The van der Waals surface area contributed by atoms with Crippen molar-refractivity contribution < 1.29 is 0 Å². The molecular weight excluding hydrogens is 520 g/mol. The fourth-order valence-electron chi connectivity index (χ4n) is 4.31. The average Bonchev–Trinajstić information content (AvgIpc) is 2.95. The monoisotopic (exact) mass is 544 g/mol. The highest BCUT2D eigenvalue weighted by Crippen LogP contribution is 2.36. The quantitative estimate of drug-likeness (QED) is 0.202. The molecule has 0 aliphatic rings. The van der Waals surface area contributed by atoms with Crippen LogP contribution < -0.4 is 10.1 Å². The highest BCUT2D eigenvalue weighted by atomic mass is 79.9. The lowest BCUT2D eigenvalue weighted by Gasteiger charge is -2.26. The van der Waals surface area contributed by atoms with Gasteiger partial charge in [0.25, 0.3) is 0 Å². The van der Waals surface area contributed by atoms with Gasteiger partial charge in [0.1, 0.15) is 0 Å². The predicted octanol–water partition coefficient (Wildman–Crippen LogP) is 7.97. The second-order valence-electron chi connectivity index (χ2n) is 8.65. The van der Waals surface area contributed by atoms with Crippen molar-refractivity contribution in [1.29, 1.82) is 5.26 Å². The van der Waals surface area contributed by atoms with Gasteiger partial charge in [-0.25, -0.2) is 0 Å². The van der Waals surface area contributed by atoms with Crippen LogP contribution in [0.25, 0.3) is 22.3 Å². The van der Waals surface area contributed by atoms with Gasteiger partial charge in [-0.1, -0.05) is 88.3 Å². The van der Waals surface area contributed by atoms with E-state index in [9.17, 15) is 0 Å². The zero-order valence-electron chi connectivity index (χ0n) is 20.0. The third-order valence-electron chi connectivity index (χ3n) is 6.38. The first kappa shape index (κ1) is 23.8. The summed E-state index contributed by atoms with van der Waals surface area (Å²) in [5, 5.41) is 10.5. The van der Waals surface area contributed by atoms with Crippen molar-refractivity contribution >= 4 is 47.7 Å². The lowest BCUT2D eigenvalue weighted by atomic mass is 10.0. The Hall–Kier alpha value is -3.91. The van der Waals surface area contributed by atoms with Gasteiger partial charge in [-0.2, -0.15) is 5.26 Å². The smallest absolute Gasteiger partial charge is 0.0991 e. The van der Waals surface area contributed by atoms with E-state index in [0.717, 1.165) is 32.7 Å². The van der Waals surface area contributed by atoms with Gasteiger partial charge in [0, 0.05) is 21.5 Å². The summed E-state index contributed by atoms with van der Waals surface area (Å²) < 4.78 is 1.08. The molecule has 0 unspecified atom stereocenters. The van der Waals surface area contributed by atoms with E-state index in [2.05, 4.69) is 131 Å². The first-order chi connectivity index (χ1) is 17.6. The standard InChI is InChI=1S/C32H25BrN2Si/c1-36-32-20-18-31(19-21-32)35(30-16-10-27(11-17-30)25-6-12-28(33)13-7-25)29-14-8-26(9-15-29)24-4-2-23(22-34)3-5-24/h2-21H,36H2,1H3. The third-order valence-corrected chi connectivity index (χ3v) is 8.20. The Morgan fingerprint density at radius 2 is 0.917 bits per heavy atom. The van der Waals surface area contributed by atoms with Crippen LogP contribution in [0.15, 0.2) is 126 Å². The molecule has 0 radical (unpaired) electrons. The normalized spacial score (nSPS) is 10.9. The van der Waals surface area contributed by atoms with Gasteiger partial charge in [0.05, 0.1) is 21.2 Å². The van der Waals surface area contributed by atoms with Crippen molar-refractivity contribution in [2.24, 2.45) is 0 Å². The first-order valence-corrected chi connectivity index (χ1v) is 14.9. The molecule has 4 heteroatoms. The van der Waals surface area contributed by atoms with Crippen LogP contribution in [-0.4, -0.2) is 9.52 Å². The summed E-state index contributed by atoms with van der Waals surface area (Å²) in [6.07, 6.45) is 0. The molecule has 0 heterocycles. The second kappa shape index (κ2) is 10.8. The molecule has 5 rings (SSSR count). The number of nitrogens with zero attached hydrogens (tertiary/aromatic N) is 2. The number of hydrogen-bond donors (Lipinski definition) is 0. The van der Waals surface area contributed by atoms with E-state index >= 15 is 0 Å². The Balaban J connectivity index is 1.51. The zero-order valence-corrected chi connectivity index (χ0v) is 23.0. The maximum atomic E-state index is 9.08. The molecule has 0 amide bonds. The van der Waals surface area contributed by atoms with Crippen LogP contribution in [0.5, 0.6) is 0 Å². The topological polar surface area (TPSA) is 27.0 Å². The minimum absolute atomic E-state index is 0.195. The largest absolute Gasteiger partial charge is 0.311 e. The molecule has 0 saturated heterocycles. The Morgan fingerprint density at radius 3 is 1.31 bits per heavy atom. The number of nitriles is 1. The Kier molecular flexibility index (Phi) is 7.13. The van der Waals surface area contributed by atoms with E-state index in [4.69, 9.17) is 5.26 Å². The number of benzene rings is 5. The van der Waals surface area contributed by atoms with E-state index in [1.807, 2.05) is 24.3 Å². The predicted molar refractivity (Wildman–Crippen MR) is 158 cm³/mol. The summed E-state index contributed by atoms with van der Waals surface area (Å²) in [6, 6.07) is 44.7. The molecule has 0 bridgehead atoms. The molecule has 5 aromatic rings. The van der Waals surface area contributed by atoms with Gasteiger partial charge in [0.2, 0.25) is 0 Å². The molecule has 0 aliphatic carbocycles. The van der Waals surface area contributed by atoms with Crippen molar-refractivity contribution in [3.63, 3.8) is 0 Å². The molecule has 0 fully saturated rings. The van der Waals surface area contributed by atoms with Crippen molar-refractivity contribution in [2.45, 2.75) is 6.55 Å². The van der Waals surface area contributed by atoms with Gasteiger partial charge >= 0.3 is 0 Å². The second-order valence-corrected chi connectivity index (χ2v) is 11.1. The van der Waals surface area contributed by atoms with E-state index in [1.165, 1.54) is 16.3 Å². The summed E-state index contributed by atoms with van der Waals surface area (Å²) in [4.78, 5) is 2.30. The molecule has 0 aromatic heterocycles. The Labute approximate surface area is 223 Å². The van der Waals surface area contributed by atoms with Crippen LogP contribution in [0, 0.1) is 11.3 Å². The average molecular weight is 546 g/mol. The van der Waals surface area contributed by atoms with Gasteiger partial charge in [-0.15, -0.1) is 0 Å². The van der Waals surface area contributed by atoms with Crippen LogP contribution in [0.2, 0.25) is 6.55 Å². The van der Waals surface area contributed by atoms with E-state index in [1.54, 1.807) is 0 Å². The maximum absolute atomic E-state index is 9.08. The summed E-state index contributed by atoms with van der Waals surface area (Å²) in [5.74, 6) is 0. The molecule has 0 saturated carbocycles. The number of hydrogen-bond acceptors (Lipinski definition) is 2. The van der Waals surface area contributed by atoms with Gasteiger partial charge in [-0.3, -0.25) is 0 Å². The van der Waals surface area contributed by atoms with Gasteiger partial charge in [0.15, 0.2) is 0 Å². The Bertz CT molecular complexity index is 1480. The van der Waals surface area contributed by atoms with Crippen molar-refractivity contribution in [2.75, 3.05) is 4.90 Å².